The van der Waals surface area contributed by atoms with E-state index in [0.717, 1.165) is 50.7 Å². The van der Waals surface area contributed by atoms with Crippen molar-refractivity contribution in [3.8, 4) is 22.5 Å². The molecular formula is C28H29N5. The van der Waals surface area contributed by atoms with E-state index in [1.807, 2.05) is 24.3 Å². The highest BCUT2D eigenvalue weighted by molar-refractivity contribution is 5.91. The SMILES string of the molecule is CN(C)c1ccc(-c2nc3c(-c4ccccc4)nc4ccccc4n3c2NC(C)(C)C)cc1. The lowest BCUT2D eigenvalue weighted by Gasteiger charge is -2.23. The van der Waals surface area contributed by atoms with E-state index in [1.54, 1.807) is 0 Å². The second kappa shape index (κ2) is 7.93. The van der Waals surface area contributed by atoms with Crippen LogP contribution in [-0.2, 0) is 0 Å². The van der Waals surface area contributed by atoms with Crippen LogP contribution in [0.3, 0.4) is 0 Å². The summed E-state index contributed by atoms with van der Waals surface area (Å²) in [4.78, 5) is 12.3. The van der Waals surface area contributed by atoms with Crippen LogP contribution in [0.1, 0.15) is 20.8 Å². The molecule has 0 bridgehead atoms. The van der Waals surface area contributed by atoms with Gasteiger partial charge in [0, 0.05) is 36.4 Å². The molecule has 0 amide bonds. The quantitative estimate of drug-likeness (QED) is 0.350. The monoisotopic (exact) mass is 435 g/mol. The van der Waals surface area contributed by atoms with Gasteiger partial charge in [-0.2, -0.15) is 0 Å². The molecule has 2 aromatic heterocycles. The fraction of sp³-hybridized carbons (Fsp3) is 0.214. The third kappa shape index (κ3) is 3.91. The van der Waals surface area contributed by atoms with Crippen LogP contribution < -0.4 is 10.2 Å². The lowest BCUT2D eigenvalue weighted by Crippen LogP contribution is -2.27. The van der Waals surface area contributed by atoms with Gasteiger partial charge in [0.15, 0.2) is 5.65 Å². The number of nitrogens with zero attached hydrogens (tertiary/aromatic N) is 4. The van der Waals surface area contributed by atoms with Gasteiger partial charge in [0.2, 0.25) is 0 Å². The summed E-state index contributed by atoms with van der Waals surface area (Å²) in [5.41, 5.74) is 7.74. The number of para-hydroxylation sites is 2. The molecule has 0 aliphatic carbocycles. The van der Waals surface area contributed by atoms with E-state index in [9.17, 15) is 0 Å². The van der Waals surface area contributed by atoms with Crippen molar-refractivity contribution in [1.29, 1.82) is 0 Å². The molecule has 5 heteroatoms. The molecule has 33 heavy (non-hydrogen) atoms. The summed E-state index contributed by atoms with van der Waals surface area (Å²) in [6, 6.07) is 27.1. The second-order valence-corrected chi connectivity index (χ2v) is 9.60. The number of benzene rings is 3. The lowest BCUT2D eigenvalue weighted by molar-refractivity contribution is 0.630. The van der Waals surface area contributed by atoms with Crippen molar-refractivity contribution in [3.63, 3.8) is 0 Å². The molecule has 0 saturated carbocycles. The van der Waals surface area contributed by atoms with E-state index in [1.165, 1.54) is 0 Å². The number of hydrogen-bond acceptors (Lipinski definition) is 4. The van der Waals surface area contributed by atoms with E-state index >= 15 is 0 Å². The number of aromatic nitrogens is 3. The molecule has 0 spiro atoms. The maximum absolute atomic E-state index is 5.19. The fourth-order valence-electron chi connectivity index (χ4n) is 4.11. The maximum Gasteiger partial charge on any atom is 0.166 e. The Balaban J connectivity index is 1.87. The van der Waals surface area contributed by atoms with Crippen LogP contribution in [0.15, 0.2) is 78.9 Å². The predicted octanol–water partition coefficient (Wildman–Crippen LogP) is 6.49. The van der Waals surface area contributed by atoms with E-state index in [4.69, 9.17) is 9.97 Å². The highest BCUT2D eigenvalue weighted by atomic mass is 15.2. The normalized spacial score (nSPS) is 11.8. The second-order valence-electron chi connectivity index (χ2n) is 9.60. The van der Waals surface area contributed by atoms with Crippen molar-refractivity contribution >= 4 is 28.2 Å². The standard InChI is InChI=1S/C28H29N5/c1-28(2,3)31-27-25(20-15-17-21(18-16-20)32(4)5)30-26-24(19-11-7-6-8-12-19)29-22-13-9-10-14-23(22)33(26)27/h6-18,31H,1-5H3. The van der Waals surface area contributed by atoms with Crippen molar-refractivity contribution in [2.24, 2.45) is 0 Å². The summed E-state index contributed by atoms with van der Waals surface area (Å²) in [5.74, 6) is 0.978. The maximum atomic E-state index is 5.19. The van der Waals surface area contributed by atoms with Crippen LogP contribution in [0.5, 0.6) is 0 Å². The number of fused-ring (bicyclic) bond motifs is 3. The summed E-state index contributed by atoms with van der Waals surface area (Å²) in [6.07, 6.45) is 0. The van der Waals surface area contributed by atoms with Gasteiger partial charge in [-0.3, -0.25) is 4.40 Å². The fourth-order valence-corrected chi connectivity index (χ4v) is 4.11. The molecule has 5 nitrogen and oxygen atoms in total. The van der Waals surface area contributed by atoms with Crippen LogP contribution in [0.25, 0.3) is 39.2 Å². The minimum Gasteiger partial charge on any atom is -0.378 e. The molecule has 0 atom stereocenters. The molecule has 2 heterocycles. The van der Waals surface area contributed by atoms with Gasteiger partial charge in [0.1, 0.15) is 17.2 Å². The summed E-state index contributed by atoms with van der Waals surface area (Å²) >= 11 is 0. The van der Waals surface area contributed by atoms with Gasteiger partial charge in [0.25, 0.3) is 0 Å². The molecule has 166 valence electrons. The third-order valence-corrected chi connectivity index (χ3v) is 5.64. The van der Waals surface area contributed by atoms with E-state index < -0.39 is 0 Å². The molecule has 0 saturated heterocycles. The first-order chi connectivity index (χ1) is 15.8. The van der Waals surface area contributed by atoms with Crippen molar-refractivity contribution in [2.75, 3.05) is 24.3 Å². The lowest BCUT2D eigenvalue weighted by atomic mass is 10.1. The zero-order valence-electron chi connectivity index (χ0n) is 19.8. The molecule has 0 unspecified atom stereocenters. The summed E-state index contributed by atoms with van der Waals surface area (Å²) < 4.78 is 2.23. The Bertz CT molecular complexity index is 1430. The average molecular weight is 436 g/mol. The zero-order valence-corrected chi connectivity index (χ0v) is 19.8. The number of imidazole rings is 1. The third-order valence-electron chi connectivity index (χ3n) is 5.64. The van der Waals surface area contributed by atoms with Crippen LogP contribution in [0.2, 0.25) is 0 Å². The number of anilines is 2. The molecular weight excluding hydrogens is 406 g/mol. The summed E-state index contributed by atoms with van der Waals surface area (Å²) in [5, 5.41) is 3.74. The van der Waals surface area contributed by atoms with Gasteiger partial charge in [-0.05, 0) is 45.0 Å². The van der Waals surface area contributed by atoms with Crippen molar-refractivity contribution in [3.05, 3.63) is 78.9 Å². The molecule has 5 aromatic rings. The Hall–Kier alpha value is -3.86. The molecule has 0 aliphatic heterocycles. The van der Waals surface area contributed by atoms with E-state index in [0.29, 0.717) is 0 Å². The van der Waals surface area contributed by atoms with Gasteiger partial charge in [-0.15, -0.1) is 0 Å². The Morgan fingerprint density at radius 3 is 2.03 bits per heavy atom. The van der Waals surface area contributed by atoms with E-state index in [2.05, 4.69) is 104 Å². The number of nitrogens with one attached hydrogen (secondary N) is 1. The first kappa shape index (κ1) is 21.0. The van der Waals surface area contributed by atoms with E-state index in [-0.39, 0.29) is 5.54 Å². The summed E-state index contributed by atoms with van der Waals surface area (Å²) in [7, 11) is 4.10. The largest absolute Gasteiger partial charge is 0.378 e. The number of hydrogen-bond donors (Lipinski definition) is 1. The van der Waals surface area contributed by atoms with Gasteiger partial charge < -0.3 is 10.2 Å². The van der Waals surface area contributed by atoms with Crippen LogP contribution in [0, 0.1) is 0 Å². The van der Waals surface area contributed by atoms with Crippen LogP contribution in [0.4, 0.5) is 11.5 Å². The Kier molecular flexibility index (Phi) is 5.05. The van der Waals surface area contributed by atoms with Crippen LogP contribution in [-0.4, -0.2) is 34.0 Å². The van der Waals surface area contributed by atoms with Crippen molar-refractivity contribution < 1.29 is 0 Å². The Labute approximate surface area is 194 Å². The first-order valence-corrected chi connectivity index (χ1v) is 11.2. The number of rotatable bonds is 4. The minimum atomic E-state index is -0.147. The topological polar surface area (TPSA) is 45.5 Å². The van der Waals surface area contributed by atoms with Gasteiger partial charge in [-0.25, -0.2) is 9.97 Å². The molecule has 0 aliphatic rings. The molecule has 0 fully saturated rings. The average Bonchev–Trinajstić information content (AvgIpc) is 3.17. The van der Waals surface area contributed by atoms with Gasteiger partial charge in [0.05, 0.1) is 11.0 Å². The summed E-state index contributed by atoms with van der Waals surface area (Å²) in [6.45, 7) is 6.52. The first-order valence-electron chi connectivity index (χ1n) is 11.2. The Morgan fingerprint density at radius 2 is 1.36 bits per heavy atom. The van der Waals surface area contributed by atoms with Gasteiger partial charge >= 0.3 is 0 Å². The highest BCUT2D eigenvalue weighted by Gasteiger charge is 2.23. The van der Waals surface area contributed by atoms with Crippen molar-refractivity contribution in [2.45, 2.75) is 26.3 Å². The molecule has 0 radical (unpaired) electrons. The van der Waals surface area contributed by atoms with Gasteiger partial charge in [-0.1, -0.05) is 54.6 Å². The Morgan fingerprint density at radius 1 is 0.727 bits per heavy atom. The predicted molar refractivity (Wildman–Crippen MR) is 139 cm³/mol. The van der Waals surface area contributed by atoms with Crippen molar-refractivity contribution in [1.82, 2.24) is 14.4 Å². The molecule has 3 aromatic carbocycles. The molecule has 1 N–H and O–H groups in total. The minimum absolute atomic E-state index is 0.147. The van der Waals surface area contributed by atoms with Crippen LogP contribution >= 0.6 is 0 Å². The smallest absolute Gasteiger partial charge is 0.166 e. The highest BCUT2D eigenvalue weighted by Crippen LogP contribution is 2.37. The zero-order chi connectivity index (χ0) is 23.2. The molecule has 5 rings (SSSR count).